The van der Waals surface area contributed by atoms with Crippen LogP contribution >= 0.6 is 0 Å². The quantitative estimate of drug-likeness (QED) is 0.724. The van der Waals surface area contributed by atoms with Gasteiger partial charge < -0.3 is 14.8 Å². The van der Waals surface area contributed by atoms with Crippen LogP contribution in [0.5, 0.6) is 11.5 Å². The number of aromatic amines is 1. The van der Waals surface area contributed by atoms with Crippen molar-refractivity contribution in [1.82, 2.24) is 10.2 Å². The summed E-state index contributed by atoms with van der Waals surface area (Å²) in [5, 5.41) is 9.76. The number of H-pyrrole nitrogens is 1. The molecule has 1 aromatic heterocycles. The molecule has 0 saturated heterocycles. The molecular formula is C19H19N3O3. The van der Waals surface area contributed by atoms with E-state index in [2.05, 4.69) is 15.5 Å². The van der Waals surface area contributed by atoms with E-state index in [4.69, 9.17) is 9.47 Å². The molecule has 6 nitrogen and oxygen atoms in total. The van der Waals surface area contributed by atoms with Crippen LogP contribution in [0.1, 0.15) is 5.56 Å². The van der Waals surface area contributed by atoms with Crippen molar-refractivity contribution in [2.24, 2.45) is 0 Å². The van der Waals surface area contributed by atoms with Crippen LogP contribution in [0.4, 0.5) is 5.69 Å². The maximum Gasteiger partial charge on any atom is 0.228 e. The van der Waals surface area contributed by atoms with Gasteiger partial charge in [-0.15, -0.1) is 0 Å². The van der Waals surface area contributed by atoms with E-state index in [1.54, 1.807) is 26.5 Å². The molecule has 0 bridgehead atoms. The number of hydrogen-bond acceptors (Lipinski definition) is 4. The monoisotopic (exact) mass is 337 g/mol. The predicted octanol–water partition coefficient (Wildman–Crippen LogP) is 3.28. The summed E-state index contributed by atoms with van der Waals surface area (Å²) in [7, 11) is 3.16. The van der Waals surface area contributed by atoms with E-state index in [0.29, 0.717) is 11.5 Å². The standard InChI is InChI=1S/C19H19N3O3/c1-24-16-7-6-14(18(12-16)25-2)11-19(23)21-15-5-3-4-13(10-15)17-8-9-20-22-17/h3-10,12H,11H2,1-2H3,(H,20,22)(H,21,23). The smallest absolute Gasteiger partial charge is 0.228 e. The van der Waals surface area contributed by atoms with E-state index in [0.717, 1.165) is 22.5 Å². The Morgan fingerprint density at radius 3 is 2.72 bits per heavy atom. The lowest BCUT2D eigenvalue weighted by Crippen LogP contribution is -2.15. The summed E-state index contributed by atoms with van der Waals surface area (Å²) in [5.41, 5.74) is 3.38. The Balaban J connectivity index is 1.72. The maximum absolute atomic E-state index is 12.4. The molecule has 2 N–H and O–H groups in total. The van der Waals surface area contributed by atoms with Gasteiger partial charge in [0.05, 0.1) is 26.3 Å². The van der Waals surface area contributed by atoms with Crippen LogP contribution < -0.4 is 14.8 Å². The van der Waals surface area contributed by atoms with Gasteiger partial charge in [-0.05, 0) is 24.3 Å². The normalized spacial score (nSPS) is 10.3. The largest absolute Gasteiger partial charge is 0.497 e. The summed E-state index contributed by atoms with van der Waals surface area (Å²) < 4.78 is 10.5. The minimum Gasteiger partial charge on any atom is -0.497 e. The molecule has 1 heterocycles. The molecule has 0 saturated carbocycles. The van der Waals surface area contributed by atoms with Crippen molar-refractivity contribution in [3.8, 4) is 22.8 Å². The Kier molecular flexibility index (Phi) is 4.99. The Bertz CT molecular complexity index is 860. The topological polar surface area (TPSA) is 76.2 Å². The SMILES string of the molecule is COc1ccc(CC(=O)Nc2cccc(-c3ccn[nH]3)c2)c(OC)c1. The van der Waals surface area contributed by atoms with Gasteiger partial charge in [-0.2, -0.15) is 5.10 Å². The van der Waals surface area contributed by atoms with Gasteiger partial charge in [-0.3, -0.25) is 9.89 Å². The number of methoxy groups -OCH3 is 2. The zero-order valence-electron chi connectivity index (χ0n) is 14.1. The Morgan fingerprint density at radius 1 is 1.12 bits per heavy atom. The summed E-state index contributed by atoms with van der Waals surface area (Å²) in [4.78, 5) is 12.4. The van der Waals surface area contributed by atoms with Gasteiger partial charge in [-0.25, -0.2) is 0 Å². The summed E-state index contributed by atoms with van der Waals surface area (Å²) in [6.07, 6.45) is 1.90. The van der Waals surface area contributed by atoms with Crippen LogP contribution in [0.2, 0.25) is 0 Å². The molecule has 6 heteroatoms. The second-order valence-corrected chi connectivity index (χ2v) is 5.45. The zero-order valence-corrected chi connectivity index (χ0v) is 14.1. The molecule has 0 radical (unpaired) electrons. The first-order valence-corrected chi connectivity index (χ1v) is 7.80. The Morgan fingerprint density at radius 2 is 2.00 bits per heavy atom. The number of nitrogens with one attached hydrogen (secondary N) is 2. The molecule has 0 aliphatic heterocycles. The van der Waals surface area contributed by atoms with Crippen LogP contribution in [0.3, 0.4) is 0 Å². The Labute approximate surface area is 145 Å². The molecule has 128 valence electrons. The number of rotatable bonds is 6. The maximum atomic E-state index is 12.4. The lowest BCUT2D eigenvalue weighted by molar-refractivity contribution is -0.115. The van der Waals surface area contributed by atoms with Crippen molar-refractivity contribution >= 4 is 11.6 Å². The van der Waals surface area contributed by atoms with Gasteiger partial charge in [0.15, 0.2) is 0 Å². The first kappa shape index (κ1) is 16.6. The molecule has 0 fully saturated rings. The molecule has 1 amide bonds. The van der Waals surface area contributed by atoms with E-state index < -0.39 is 0 Å². The van der Waals surface area contributed by atoms with Crippen molar-refractivity contribution in [2.75, 3.05) is 19.5 Å². The van der Waals surface area contributed by atoms with Crippen LogP contribution in [0.25, 0.3) is 11.3 Å². The van der Waals surface area contributed by atoms with Crippen LogP contribution in [-0.2, 0) is 11.2 Å². The van der Waals surface area contributed by atoms with Crippen molar-refractivity contribution in [1.29, 1.82) is 0 Å². The highest BCUT2D eigenvalue weighted by Crippen LogP contribution is 2.25. The number of hydrogen-bond donors (Lipinski definition) is 2. The fourth-order valence-electron chi connectivity index (χ4n) is 2.56. The summed E-state index contributed by atoms with van der Waals surface area (Å²) in [5.74, 6) is 1.19. The molecule has 25 heavy (non-hydrogen) atoms. The van der Waals surface area contributed by atoms with Crippen molar-refractivity contribution in [3.05, 3.63) is 60.3 Å². The molecule has 3 rings (SSSR count). The van der Waals surface area contributed by atoms with E-state index in [9.17, 15) is 4.79 Å². The molecule has 0 unspecified atom stereocenters. The van der Waals surface area contributed by atoms with E-state index in [1.807, 2.05) is 42.5 Å². The number of ether oxygens (including phenoxy) is 2. The second-order valence-electron chi connectivity index (χ2n) is 5.45. The third-order valence-corrected chi connectivity index (χ3v) is 3.80. The summed E-state index contributed by atoms with van der Waals surface area (Å²) >= 11 is 0. The number of amides is 1. The lowest BCUT2D eigenvalue weighted by atomic mass is 10.1. The first-order valence-electron chi connectivity index (χ1n) is 7.80. The van der Waals surface area contributed by atoms with Crippen LogP contribution in [0, 0.1) is 0 Å². The number of anilines is 1. The van der Waals surface area contributed by atoms with E-state index >= 15 is 0 Å². The molecule has 0 atom stereocenters. The van der Waals surface area contributed by atoms with Crippen LogP contribution in [-0.4, -0.2) is 30.3 Å². The van der Waals surface area contributed by atoms with Crippen LogP contribution in [0.15, 0.2) is 54.7 Å². The molecule has 0 spiro atoms. The fraction of sp³-hybridized carbons (Fsp3) is 0.158. The molecule has 2 aromatic carbocycles. The second kappa shape index (κ2) is 7.53. The number of nitrogens with zero attached hydrogens (tertiary/aromatic N) is 1. The number of benzene rings is 2. The highest BCUT2D eigenvalue weighted by Gasteiger charge is 2.11. The first-order chi connectivity index (χ1) is 12.2. The average Bonchev–Trinajstić information content (AvgIpc) is 3.17. The number of aromatic nitrogens is 2. The molecule has 0 aliphatic rings. The zero-order chi connectivity index (χ0) is 17.6. The number of carbonyl (C=O) groups is 1. The predicted molar refractivity (Wildman–Crippen MR) is 95.9 cm³/mol. The third kappa shape index (κ3) is 3.98. The van der Waals surface area contributed by atoms with Gasteiger partial charge in [0.25, 0.3) is 0 Å². The van der Waals surface area contributed by atoms with Crippen molar-refractivity contribution in [2.45, 2.75) is 6.42 Å². The van der Waals surface area contributed by atoms with Gasteiger partial charge >= 0.3 is 0 Å². The average molecular weight is 337 g/mol. The molecular weight excluding hydrogens is 318 g/mol. The highest BCUT2D eigenvalue weighted by molar-refractivity contribution is 5.93. The highest BCUT2D eigenvalue weighted by atomic mass is 16.5. The third-order valence-electron chi connectivity index (χ3n) is 3.80. The molecule has 3 aromatic rings. The minimum absolute atomic E-state index is 0.120. The van der Waals surface area contributed by atoms with Crippen molar-refractivity contribution in [3.63, 3.8) is 0 Å². The fourth-order valence-corrected chi connectivity index (χ4v) is 2.56. The van der Waals surface area contributed by atoms with Gasteiger partial charge in [0, 0.05) is 29.1 Å². The van der Waals surface area contributed by atoms with E-state index in [-0.39, 0.29) is 12.3 Å². The number of carbonyl (C=O) groups excluding carboxylic acids is 1. The minimum atomic E-state index is -0.120. The van der Waals surface area contributed by atoms with E-state index in [1.165, 1.54) is 0 Å². The molecule has 0 aliphatic carbocycles. The summed E-state index contributed by atoms with van der Waals surface area (Å²) in [6.45, 7) is 0. The van der Waals surface area contributed by atoms with Crippen molar-refractivity contribution < 1.29 is 14.3 Å². The van der Waals surface area contributed by atoms with Gasteiger partial charge in [-0.1, -0.05) is 18.2 Å². The van der Waals surface area contributed by atoms with Gasteiger partial charge in [0.1, 0.15) is 11.5 Å². The summed E-state index contributed by atoms with van der Waals surface area (Å²) in [6, 6.07) is 14.9. The Hall–Kier alpha value is -3.28. The lowest BCUT2D eigenvalue weighted by Gasteiger charge is -2.11. The van der Waals surface area contributed by atoms with Gasteiger partial charge in [0.2, 0.25) is 5.91 Å².